The topological polar surface area (TPSA) is 3.24 Å². The third-order valence-corrected chi connectivity index (χ3v) is 3.33. The Balaban J connectivity index is 2.64. The molecule has 0 aliphatic carbocycles. The van der Waals surface area contributed by atoms with Crippen LogP contribution in [-0.4, -0.2) is 18.8 Å². The maximum Gasteiger partial charge on any atom is 0.0366 e. The number of hydrogen-bond acceptors (Lipinski definition) is 2. The summed E-state index contributed by atoms with van der Waals surface area (Å²) in [5, 5.41) is 0. The van der Waals surface area contributed by atoms with E-state index in [0.717, 1.165) is 18.8 Å². The molecule has 0 N–H and O–H groups in total. The first-order valence-corrected chi connectivity index (χ1v) is 6.35. The molecule has 0 bridgehead atoms. The molecular formula is C13H21NS. The predicted molar refractivity (Wildman–Crippen MR) is 72.0 cm³/mol. The van der Waals surface area contributed by atoms with Gasteiger partial charge in [-0.1, -0.05) is 31.5 Å². The first-order valence-electron chi connectivity index (χ1n) is 5.72. The van der Waals surface area contributed by atoms with Crippen LogP contribution in [-0.2, 0) is 0 Å². The van der Waals surface area contributed by atoms with Gasteiger partial charge in [-0.3, -0.25) is 0 Å². The van der Waals surface area contributed by atoms with E-state index < -0.39 is 0 Å². The molecule has 84 valence electrons. The minimum Gasteiger partial charge on any atom is -0.372 e. The molecule has 0 amide bonds. The Morgan fingerprint density at radius 1 is 1.20 bits per heavy atom. The van der Waals surface area contributed by atoms with Gasteiger partial charge in [-0.2, -0.15) is 12.6 Å². The standard InChI is InChI=1S/C13H21NS/c1-3-12(11-15)10-14(4-2)13-8-6-5-7-9-13/h5-9,12,15H,3-4,10-11H2,1-2H3. The number of hydrogen-bond donors (Lipinski definition) is 1. The predicted octanol–water partition coefficient (Wildman–Crippen LogP) is 3.47. The van der Waals surface area contributed by atoms with Crippen LogP contribution < -0.4 is 4.90 Å². The van der Waals surface area contributed by atoms with E-state index in [1.807, 2.05) is 0 Å². The van der Waals surface area contributed by atoms with Crippen molar-refractivity contribution in [2.45, 2.75) is 20.3 Å². The smallest absolute Gasteiger partial charge is 0.0366 e. The summed E-state index contributed by atoms with van der Waals surface area (Å²) in [7, 11) is 0. The van der Waals surface area contributed by atoms with Gasteiger partial charge in [0.15, 0.2) is 0 Å². The summed E-state index contributed by atoms with van der Waals surface area (Å²) in [5.41, 5.74) is 1.32. The Bertz CT molecular complexity index is 256. The van der Waals surface area contributed by atoms with Crippen molar-refractivity contribution in [2.75, 3.05) is 23.7 Å². The highest BCUT2D eigenvalue weighted by Crippen LogP contribution is 2.16. The summed E-state index contributed by atoms with van der Waals surface area (Å²) in [5.74, 6) is 1.66. The van der Waals surface area contributed by atoms with Gasteiger partial charge >= 0.3 is 0 Å². The number of rotatable bonds is 6. The highest BCUT2D eigenvalue weighted by atomic mass is 32.1. The van der Waals surface area contributed by atoms with Crippen molar-refractivity contribution in [2.24, 2.45) is 5.92 Å². The molecule has 1 unspecified atom stereocenters. The Morgan fingerprint density at radius 3 is 2.33 bits per heavy atom. The number of benzene rings is 1. The molecule has 15 heavy (non-hydrogen) atoms. The van der Waals surface area contributed by atoms with Crippen LogP contribution in [0.3, 0.4) is 0 Å². The zero-order chi connectivity index (χ0) is 11.1. The Kier molecular flexibility index (Phi) is 5.62. The Labute approximate surface area is 98.9 Å². The third kappa shape index (κ3) is 3.78. The van der Waals surface area contributed by atoms with E-state index in [2.05, 4.69) is 61.7 Å². The molecule has 0 saturated heterocycles. The van der Waals surface area contributed by atoms with Gasteiger partial charge in [0.25, 0.3) is 0 Å². The van der Waals surface area contributed by atoms with Gasteiger partial charge in [0.2, 0.25) is 0 Å². The number of para-hydroxylation sites is 1. The normalized spacial score (nSPS) is 12.5. The van der Waals surface area contributed by atoms with Crippen molar-refractivity contribution >= 4 is 18.3 Å². The lowest BCUT2D eigenvalue weighted by Gasteiger charge is -2.27. The second kappa shape index (κ2) is 6.78. The van der Waals surface area contributed by atoms with Crippen LogP contribution in [0.2, 0.25) is 0 Å². The number of nitrogens with zero attached hydrogens (tertiary/aromatic N) is 1. The summed E-state index contributed by atoms with van der Waals surface area (Å²) >= 11 is 4.39. The minimum atomic E-state index is 0.688. The highest BCUT2D eigenvalue weighted by Gasteiger charge is 2.10. The van der Waals surface area contributed by atoms with E-state index >= 15 is 0 Å². The van der Waals surface area contributed by atoms with Gasteiger partial charge in [0.1, 0.15) is 0 Å². The Morgan fingerprint density at radius 2 is 1.87 bits per heavy atom. The quantitative estimate of drug-likeness (QED) is 0.723. The molecule has 0 radical (unpaired) electrons. The zero-order valence-corrected chi connectivity index (χ0v) is 10.6. The van der Waals surface area contributed by atoms with E-state index in [9.17, 15) is 0 Å². The molecule has 2 heteroatoms. The molecule has 1 aromatic rings. The molecule has 0 aliphatic rings. The lowest BCUT2D eigenvalue weighted by Crippen LogP contribution is -2.29. The second-order valence-corrected chi connectivity index (χ2v) is 4.20. The lowest BCUT2D eigenvalue weighted by atomic mass is 10.1. The van der Waals surface area contributed by atoms with E-state index in [4.69, 9.17) is 0 Å². The fourth-order valence-corrected chi connectivity index (χ4v) is 2.06. The van der Waals surface area contributed by atoms with E-state index in [1.54, 1.807) is 0 Å². The monoisotopic (exact) mass is 223 g/mol. The van der Waals surface area contributed by atoms with Crippen LogP contribution in [0, 0.1) is 5.92 Å². The van der Waals surface area contributed by atoms with Gasteiger partial charge in [0.05, 0.1) is 0 Å². The van der Waals surface area contributed by atoms with Crippen LogP contribution >= 0.6 is 12.6 Å². The zero-order valence-electron chi connectivity index (χ0n) is 9.69. The SMILES string of the molecule is CCC(CS)CN(CC)c1ccccc1. The molecule has 0 fully saturated rings. The summed E-state index contributed by atoms with van der Waals surface area (Å²) in [6, 6.07) is 10.6. The van der Waals surface area contributed by atoms with E-state index in [0.29, 0.717) is 5.92 Å². The van der Waals surface area contributed by atoms with Gasteiger partial charge in [0, 0.05) is 18.8 Å². The van der Waals surface area contributed by atoms with Crippen molar-refractivity contribution < 1.29 is 0 Å². The van der Waals surface area contributed by atoms with Crippen molar-refractivity contribution in [3.05, 3.63) is 30.3 Å². The summed E-state index contributed by atoms with van der Waals surface area (Å²) < 4.78 is 0. The molecule has 1 atom stereocenters. The van der Waals surface area contributed by atoms with Crippen LogP contribution in [0.4, 0.5) is 5.69 Å². The minimum absolute atomic E-state index is 0.688. The lowest BCUT2D eigenvalue weighted by molar-refractivity contribution is 0.558. The average molecular weight is 223 g/mol. The van der Waals surface area contributed by atoms with Crippen molar-refractivity contribution in [3.63, 3.8) is 0 Å². The summed E-state index contributed by atoms with van der Waals surface area (Å²) in [4.78, 5) is 2.42. The van der Waals surface area contributed by atoms with Gasteiger partial charge in [-0.25, -0.2) is 0 Å². The van der Waals surface area contributed by atoms with E-state index in [1.165, 1.54) is 12.1 Å². The third-order valence-electron chi connectivity index (χ3n) is 2.82. The molecule has 0 spiro atoms. The molecule has 1 nitrogen and oxygen atoms in total. The molecule has 0 aromatic heterocycles. The largest absolute Gasteiger partial charge is 0.372 e. The maximum atomic E-state index is 4.39. The van der Waals surface area contributed by atoms with Gasteiger partial charge < -0.3 is 4.90 Å². The first kappa shape index (κ1) is 12.4. The van der Waals surface area contributed by atoms with Crippen LogP contribution in [0.1, 0.15) is 20.3 Å². The molecular weight excluding hydrogens is 202 g/mol. The van der Waals surface area contributed by atoms with Crippen LogP contribution in [0.15, 0.2) is 30.3 Å². The average Bonchev–Trinajstić information content (AvgIpc) is 2.32. The molecule has 0 heterocycles. The van der Waals surface area contributed by atoms with Crippen LogP contribution in [0.25, 0.3) is 0 Å². The van der Waals surface area contributed by atoms with Crippen molar-refractivity contribution in [3.8, 4) is 0 Å². The van der Waals surface area contributed by atoms with Crippen molar-refractivity contribution in [1.82, 2.24) is 0 Å². The first-order chi connectivity index (χ1) is 7.31. The fourth-order valence-electron chi connectivity index (χ4n) is 1.68. The number of anilines is 1. The second-order valence-electron chi connectivity index (χ2n) is 3.83. The molecule has 1 rings (SSSR count). The molecule has 1 aromatic carbocycles. The highest BCUT2D eigenvalue weighted by molar-refractivity contribution is 7.80. The Hall–Kier alpha value is -0.630. The van der Waals surface area contributed by atoms with E-state index in [-0.39, 0.29) is 0 Å². The summed E-state index contributed by atoms with van der Waals surface area (Å²) in [6.45, 7) is 6.62. The number of thiol groups is 1. The van der Waals surface area contributed by atoms with Gasteiger partial charge in [-0.05, 0) is 30.7 Å². The molecule has 0 saturated carbocycles. The molecule has 0 aliphatic heterocycles. The van der Waals surface area contributed by atoms with Crippen molar-refractivity contribution in [1.29, 1.82) is 0 Å². The summed E-state index contributed by atoms with van der Waals surface area (Å²) in [6.07, 6.45) is 1.20. The van der Waals surface area contributed by atoms with Gasteiger partial charge in [-0.15, -0.1) is 0 Å². The maximum absolute atomic E-state index is 4.39. The fraction of sp³-hybridized carbons (Fsp3) is 0.538. The van der Waals surface area contributed by atoms with Crippen LogP contribution in [0.5, 0.6) is 0 Å².